The standard InChI is InChI=1S/2C6H6O.2C5H5.C3H6.C2H6Si.Hf/c2*7-6-4-2-1-3-5-6;2*1-2-4-5-3-1;2*1-3-2;/h2*1-5,7H;2*1-3H,4H2;2*1-2H3;/q;;2*-1;;;/p-2. The van der Waals surface area contributed by atoms with Crippen LogP contribution in [0.15, 0.2) is 97.1 Å². The van der Waals surface area contributed by atoms with Crippen LogP contribution in [0.2, 0.25) is 13.1 Å². The fourth-order valence-electron chi connectivity index (χ4n) is 2.02. The molecule has 0 saturated heterocycles. The molecule has 0 N–H and O–H groups in total. The number of hydrogen-bond acceptors (Lipinski definition) is 2. The predicted molar refractivity (Wildman–Crippen MR) is 129 cm³/mol. The fourth-order valence-corrected chi connectivity index (χ4v) is 13.8. The van der Waals surface area contributed by atoms with Gasteiger partial charge in [-0.2, -0.15) is 12.2 Å². The molecule has 0 bridgehead atoms. The molecule has 0 aliphatic heterocycles. The summed E-state index contributed by atoms with van der Waals surface area (Å²) in [6.07, 6.45) is 20.0. The first kappa shape index (κ1) is 29.0. The minimum atomic E-state index is -0.133. The molecule has 164 valence electrons. The summed E-state index contributed by atoms with van der Waals surface area (Å²) in [5, 5.41) is 20.5. The zero-order valence-electron chi connectivity index (χ0n) is 19.0. The average molecular weight is 595 g/mol. The summed E-state index contributed by atoms with van der Waals surface area (Å²) >= 11 is -0.133. The van der Waals surface area contributed by atoms with E-state index in [2.05, 4.69) is 51.2 Å². The van der Waals surface area contributed by atoms with Gasteiger partial charge in [-0.3, -0.25) is 12.2 Å². The summed E-state index contributed by atoms with van der Waals surface area (Å²) in [5.74, 6) is 0.144. The number of rotatable bonds is 0. The summed E-state index contributed by atoms with van der Waals surface area (Å²) in [5.41, 5.74) is 0.223. The summed E-state index contributed by atoms with van der Waals surface area (Å²) in [4.78, 5) is 0. The Labute approximate surface area is 199 Å². The van der Waals surface area contributed by atoms with Crippen molar-refractivity contribution in [2.45, 2.75) is 39.8 Å². The van der Waals surface area contributed by atoms with Crippen molar-refractivity contribution in [3.63, 3.8) is 0 Å². The van der Waals surface area contributed by atoms with Crippen molar-refractivity contribution in [3.05, 3.63) is 109 Å². The van der Waals surface area contributed by atoms with Crippen LogP contribution < -0.4 is 10.2 Å². The molecule has 31 heavy (non-hydrogen) atoms. The van der Waals surface area contributed by atoms with Crippen LogP contribution in [0, 0.1) is 12.2 Å². The third kappa shape index (κ3) is 24.1. The smallest absolute Gasteiger partial charge is 0.0623 e. The second-order valence-electron chi connectivity index (χ2n) is 6.76. The molecule has 2 aromatic carbocycles. The van der Waals surface area contributed by atoms with E-state index in [1.165, 1.54) is 24.3 Å². The minimum Gasteiger partial charge on any atom is -0.872 e. The minimum absolute atomic E-state index is 0.0718. The SMILES string of the molecule is C[C](C)=[Hf]=[Si](C)C.[C-]1=CC=CC1.[C-]1=CC=CC1.[O-]c1ccccc1.[O-]c1ccccc1. The first-order chi connectivity index (χ1) is 14.9. The molecule has 2 aliphatic rings. The van der Waals surface area contributed by atoms with Gasteiger partial charge in [0.1, 0.15) is 0 Å². The van der Waals surface area contributed by atoms with Gasteiger partial charge in [0, 0.05) is 0 Å². The molecule has 4 heteroatoms. The normalized spacial score (nSPS) is 11.2. The molecule has 4 rings (SSSR count). The van der Waals surface area contributed by atoms with E-state index in [1.54, 1.807) is 27.5 Å². The van der Waals surface area contributed by atoms with Crippen LogP contribution in [-0.2, 0) is 21.0 Å². The van der Waals surface area contributed by atoms with Crippen molar-refractivity contribution in [1.82, 2.24) is 0 Å². The molecule has 0 unspecified atom stereocenters. The summed E-state index contributed by atoms with van der Waals surface area (Å²) < 4.78 is 1.78. The van der Waals surface area contributed by atoms with E-state index in [1.807, 2.05) is 36.4 Å². The van der Waals surface area contributed by atoms with Crippen LogP contribution >= 0.6 is 0 Å². The maximum absolute atomic E-state index is 10.3. The van der Waals surface area contributed by atoms with Crippen molar-refractivity contribution in [2.75, 3.05) is 0 Å². The van der Waals surface area contributed by atoms with Gasteiger partial charge >= 0.3 is 56.7 Å². The molecule has 0 aromatic heterocycles. The van der Waals surface area contributed by atoms with Crippen LogP contribution in [0.5, 0.6) is 11.5 Å². The van der Waals surface area contributed by atoms with Crippen LogP contribution in [0.25, 0.3) is 0 Å². The first-order valence-corrected chi connectivity index (χ1v) is 19.8. The Hall–Kier alpha value is -2.04. The number of benzene rings is 2. The third-order valence-corrected chi connectivity index (χ3v) is 14.9. The van der Waals surface area contributed by atoms with Crippen molar-refractivity contribution < 1.29 is 31.3 Å². The van der Waals surface area contributed by atoms with E-state index in [-0.39, 0.29) is 38.0 Å². The number of hydrogen-bond donors (Lipinski definition) is 0. The van der Waals surface area contributed by atoms with E-state index in [0.717, 1.165) is 12.8 Å². The summed E-state index contributed by atoms with van der Waals surface area (Å²) in [6, 6.07) is 16.7. The van der Waals surface area contributed by atoms with Gasteiger partial charge in [-0.15, -0.1) is 24.3 Å². The predicted octanol–water partition coefficient (Wildman–Crippen LogP) is 5.66. The van der Waals surface area contributed by atoms with E-state index in [9.17, 15) is 10.2 Å². The van der Waals surface area contributed by atoms with Crippen LogP contribution in [0.1, 0.15) is 26.7 Å². The Balaban J connectivity index is 0.000000365. The third-order valence-electron chi connectivity index (χ3n) is 3.16. The van der Waals surface area contributed by atoms with Gasteiger partial charge in [0.05, 0.1) is 0 Å². The Morgan fingerprint density at radius 2 is 1.13 bits per heavy atom. The van der Waals surface area contributed by atoms with Gasteiger partial charge in [0.2, 0.25) is 0 Å². The molecular weight excluding hydrogens is 563 g/mol. The molecule has 2 aliphatic carbocycles. The van der Waals surface area contributed by atoms with Crippen molar-refractivity contribution in [2.24, 2.45) is 0 Å². The molecule has 0 radical (unpaired) electrons. The zero-order chi connectivity index (χ0) is 23.2. The van der Waals surface area contributed by atoms with Gasteiger partial charge in [-0.25, -0.2) is 24.3 Å². The zero-order valence-corrected chi connectivity index (χ0v) is 23.6. The number of allylic oxidation sites excluding steroid dienone is 8. The molecule has 0 saturated carbocycles. The molecule has 2 aromatic rings. The fraction of sp³-hybridized carbons (Fsp3) is 0.222. The van der Waals surface area contributed by atoms with E-state index in [4.69, 9.17) is 0 Å². The van der Waals surface area contributed by atoms with Gasteiger partial charge in [-0.05, 0) is 0 Å². The van der Waals surface area contributed by atoms with Crippen molar-refractivity contribution >= 4 is 8.75 Å². The van der Waals surface area contributed by atoms with Gasteiger partial charge in [0.15, 0.2) is 0 Å². The van der Waals surface area contributed by atoms with Gasteiger partial charge in [0.25, 0.3) is 0 Å². The average Bonchev–Trinajstić information content (AvgIpc) is 3.48. The largest absolute Gasteiger partial charge is 0.872 e. The molecule has 0 heterocycles. The summed E-state index contributed by atoms with van der Waals surface area (Å²) in [7, 11) is 0. The van der Waals surface area contributed by atoms with Crippen LogP contribution in [0.3, 0.4) is 0 Å². The second-order valence-corrected chi connectivity index (χ2v) is 26.1. The topological polar surface area (TPSA) is 46.1 Å². The van der Waals surface area contributed by atoms with Crippen molar-refractivity contribution in [1.29, 1.82) is 0 Å². The van der Waals surface area contributed by atoms with E-state index >= 15 is 0 Å². The van der Waals surface area contributed by atoms with Gasteiger partial charge < -0.3 is 10.2 Å². The second kappa shape index (κ2) is 21.2. The monoisotopic (exact) mass is 596 g/mol. The Kier molecular flexibility index (Phi) is 19.8. The maximum atomic E-state index is 10.3. The van der Waals surface area contributed by atoms with E-state index < -0.39 is 0 Å². The molecule has 2 nitrogen and oxygen atoms in total. The van der Waals surface area contributed by atoms with E-state index in [0.29, 0.717) is 0 Å². The Bertz CT molecular complexity index is 776. The molecular formula is C27H32HfO2Si-4. The Morgan fingerprint density at radius 1 is 0.742 bits per heavy atom. The number of para-hydroxylation sites is 2. The first-order valence-electron chi connectivity index (χ1n) is 10.2. The molecule has 0 atom stereocenters. The molecule has 0 amide bonds. The van der Waals surface area contributed by atoms with Crippen molar-refractivity contribution in [3.8, 4) is 11.5 Å². The van der Waals surface area contributed by atoms with Gasteiger partial charge in [-0.1, -0.05) is 60.7 Å². The molecule has 0 spiro atoms. The van der Waals surface area contributed by atoms with Crippen LogP contribution in [0.4, 0.5) is 0 Å². The van der Waals surface area contributed by atoms with Crippen LogP contribution in [-0.4, -0.2) is 8.75 Å². The maximum Gasteiger partial charge on any atom is -0.0623 e. The molecule has 0 fully saturated rings. The quantitative estimate of drug-likeness (QED) is 0.292. The summed E-state index contributed by atoms with van der Waals surface area (Å²) in [6.45, 7) is 9.45. The Morgan fingerprint density at radius 3 is 1.23 bits per heavy atom.